The topological polar surface area (TPSA) is 65.9 Å². The van der Waals surface area contributed by atoms with Crippen LogP contribution in [0.1, 0.15) is 12.5 Å². The highest BCUT2D eigenvalue weighted by atomic mass is 32.2. The molecule has 0 fully saturated rings. The first kappa shape index (κ1) is 19.0. The fraction of sp³-hybridized carbons (Fsp3) is 0.316. The molecular formula is C19H25N3O2S. The van der Waals surface area contributed by atoms with E-state index in [0.717, 1.165) is 12.1 Å². The van der Waals surface area contributed by atoms with Gasteiger partial charge in [0.1, 0.15) is 11.5 Å². The van der Waals surface area contributed by atoms with Gasteiger partial charge in [-0.3, -0.25) is 4.99 Å². The molecule has 2 rings (SSSR count). The Morgan fingerprint density at radius 1 is 1.20 bits per heavy atom. The maximum atomic E-state index is 9.94. The molecule has 0 bridgehead atoms. The third kappa shape index (κ3) is 6.23. The number of aromatic hydroxyl groups is 1. The number of hydrogen-bond donors (Lipinski definition) is 3. The lowest BCUT2D eigenvalue weighted by Crippen LogP contribution is -2.39. The Balaban J connectivity index is 1.82. The number of methoxy groups -OCH3 is 1. The molecule has 2 aromatic rings. The summed E-state index contributed by atoms with van der Waals surface area (Å²) >= 11 is 1.82. The first-order valence-corrected chi connectivity index (χ1v) is 9.02. The van der Waals surface area contributed by atoms with Crippen LogP contribution in [0.2, 0.25) is 0 Å². The summed E-state index contributed by atoms with van der Waals surface area (Å²) in [6.07, 6.45) is 0. The fourth-order valence-electron chi connectivity index (χ4n) is 2.24. The van der Waals surface area contributed by atoms with Crippen molar-refractivity contribution >= 4 is 17.7 Å². The maximum absolute atomic E-state index is 9.94. The molecule has 0 aliphatic carbocycles. The summed E-state index contributed by atoms with van der Waals surface area (Å²) in [5.74, 6) is 1.64. The van der Waals surface area contributed by atoms with Crippen molar-refractivity contribution in [3.05, 3.63) is 54.1 Å². The van der Waals surface area contributed by atoms with E-state index in [1.807, 2.05) is 36.0 Å². The van der Waals surface area contributed by atoms with Crippen molar-refractivity contribution in [2.24, 2.45) is 4.99 Å². The number of thioether (sulfide) groups is 1. The second kappa shape index (κ2) is 9.84. The Bertz CT molecular complexity index is 692. The SMILES string of the molecule is CN=C(NCc1cc(OC)ccc1O)NCC(C)Sc1ccccc1. The molecule has 0 aliphatic rings. The molecule has 0 saturated heterocycles. The van der Waals surface area contributed by atoms with E-state index in [9.17, 15) is 5.11 Å². The second-order valence-electron chi connectivity index (χ2n) is 5.54. The van der Waals surface area contributed by atoms with Gasteiger partial charge in [-0.1, -0.05) is 25.1 Å². The predicted molar refractivity (Wildman–Crippen MR) is 105 cm³/mol. The molecule has 6 heteroatoms. The highest BCUT2D eigenvalue weighted by molar-refractivity contribution is 8.00. The average molecular weight is 359 g/mol. The summed E-state index contributed by atoms with van der Waals surface area (Å²) in [6.45, 7) is 3.41. The molecule has 0 heterocycles. The third-order valence-electron chi connectivity index (χ3n) is 3.59. The minimum absolute atomic E-state index is 0.233. The van der Waals surface area contributed by atoms with E-state index in [2.05, 4.69) is 34.7 Å². The highest BCUT2D eigenvalue weighted by Gasteiger charge is 2.07. The molecule has 3 N–H and O–H groups in total. The predicted octanol–water partition coefficient (Wildman–Crippen LogP) is 3.25. The number of phenols is 1. The number of nitrogens with one attached hydrogen (secondary N) is 2. The van der Waals surface area contributed by atoms with Crippen molar-refractivity contribution in [3.63, 3.8) is 0 Å². The van der Waals surface area contributed by atoms with Gasteiger partial charge in [0, 0.05) is 35.8 Å². The number of nitrogens with zero attached hydrogens (tertiary/aromatic N) is 1. The molecule has 0 spiro atoms. The van der Waals surface area contributed by atoms with Gasteiger partial charge in [0.05, 0.1) is 7.11 Å². The quantitative estimate of drug-likeness (QED) is 0.402. The first-order valence-electron chi connectivity index (χ1n) is 8.14. The van der Waals surface area contributed by atoms with Crippen LogP contribution >= 0.6 is 11.8 Å². The molecule has 134 valence electrons. The van der Waals surface area contributed by atoms with E-state index in [4.69, 9.17) is 4.74 Å². The average Bonchev–Trinajstić information content (AvgIpc) is 2.64. The molecular weight excluding hydrogens is 334 g/mol. The van der Waals surface area contributed by atoms with Crippen molar-refractivity contribution in [2.45, 2.75) is 23.6 Å². The van der Waals surface area contributed by atoms with Crippen LogP contribution in [0.4, 0.5) is 0 Å². The lowest BCUT2D eigenvalue weighted by atomic mass is 10.2. The summed E-state index contributed by atoms with van der Waals surface area (Å²) in [5.41, 5.74) is 0.758. The van der Waals surface area contributed by atoms with E-state index < -0.39 is 0 Å². The van der Waals surface area contributed by atoms with Gasteiger partial charge in [0.25, 0.3) is 0 Å². The Morgan fingerprint density at radius 3 is 2.64 bits per heavy atom. The van der Waals surface area contributed by atoms with Gasteiger partial charge in [0.2, 0.25) is 0 Å². The second-order valence-corrected chi connectivity index (χ2v) is 7.05. The number of ether oxygens (including phenoxy) is 1. The smallest absolute Gasteiger partial charge is 0.191 e. The van der Waals surface area contributed by atoms with Gasteiger partial charge in [-0.05, 0) is 30.3 Å². The number of phenolic OH excluding ortho intramolecular Hbond substituents is 1. The van der Waals surface area contributed by atoms with Crippen LogP contribution in [-0.4, -0.2) is 37.0 Å². The van der Waals surface area contributed by atoms with Crippen molar-refractivity contribution in [2.75, 3.05) is 20.7 Å². The van der Waals surface area contributed by atoms with Crippen LogP contribution in [0.3, 0.4) is 0 Å². The van der Waals surface area contributed by atoms with Gasteiger partial charge in [-0.15, -0.1) is 11.8 Å². The Hall–Kier alpha value is -2.34. The number of guanidine groups is 1. The van der Waals surface area contributed by atoms with Crippen LogP contribution < -0.4 is 15.4 Å². The highest BCUT2D eigenvalue weighted by Crippen LogP contribution is 2.23. The number of benzene rings is 2. The molecule has 0 aliphatic heterocycles. The summed E-state index contributed by atoms with van der Waals surface area (Å²) < 4.78 is 5.19. The fourth-order valence-corrected chi connectivity index (χ4v) is 3.19. The molecule has 5 nitrogen and oxygen atoms in total. The number of aliphatic imine (C=N–C) groups is 1. The summed E-state index contributed by atoms with van der Waals surface area (Å²) in [7, 11) is 3.34. The Morgan fingerprint density at radius 2 is 1.96 bits per heavy atom. The van der Waals surface area contributed by atoms with Gasteiger partial charge in [-0.25, -0.2) is 0 Å². The van der Waals surface area contributed by atoms with Gasteiger partial charge in [0.15, 0.2) is 5.96 Å². The molecule has 0 saturated carbocycles. The molecule has 0 radical (unpaired) electrons. The van der Waals surface area contributed by atoms with E-state index in [-0.39, 0.29) is 5.75 Å². The van der Waals surface area contributed by atoms with Crippen LogP contribution in [0.5, 0.6) is 11.5 Å². The van der Waals surface area contributed by atoms with Crippen molar-refractivity contribution in [1.29, 1.82) is 0 Å². The maximum Gasteiger partial charge on any atom is 0.191 e. The van der Waals surface area contributed by atoms with E-state index in [0.29, 0.717) is 23.5 Å². The number of hydrogen-bond acceptors (Lipinski definition) is 4. The third-order valence-corrected chi connectivity index (χ3v) is 4.71. The standard InChI is InChI=1S/C19H25N3O2S/c1-14(25-17-7-5-4-6-8-17)12-21-19(20-2)22-13-15-11-16(24-3)9-10-18(15)23/h4-11,14,23H,12-13H2,1-3H3,(H2,20,21,22). The molecule has 1 unspecified atom stereocenters. The van der Waals surface area contributed by atoms with Crippen LogP contribution in [0, 0.1) is 0 Å². The van der Waals surface area contributed by atoms with E-state index >= 15 is 0 Å². The summed E-state index contributed by atoms with van der Waals surface area (Å²) in [6, 6.07) is 15.5. The summed E-state index contributed by atoms with van der Waals surface area (Å²) in [4.78, 5) is 5.48. The van der Waals surface area contributed by atoms with Crippen LogP contribution in [-0.2, 0) is 6.54 Å². The van der Waals surface area contributed by atoms with Gasteiger partial charge >= 0.3 is 0 Å². The summed E-state index contributed by atoms with van der Waals surface area (Å²) in [5, 5.41) is 16.9. The lowest BCUT2D eigenvalue weighted by molar-refractivity contribution is 0.410. The Kier molecular flexibility index (Phi) is 7.47. The van der Waals surface area contributed by atoms with E-state index in [1.165, 1.54) is 4.90 Å². The Labute approximate surface area is 153 Å². The normalized spacial score (nSPS) is 12.5. The van der Waals surface area contributed by atoms with E-state index in [1.54, 1.807) is 26.3 Å². The molecule has 1 atom stereocenters. The zero-order valence-electron chi connectivity index (χ0n) is 14.8. The van der Waals surface area contributed by atoms with Gasteiger partial charge in [-0.2, -0.15) is 0 Å². The van der Waals surface area contributed by atoms with Crippen LogP contribution in [0.25, 0.3) is 0 Å². The monoisotopic (exact) mass is 359 g/mol. The molecule has 0 aromatic heterocycles. The minimum Gasteiger partial charge on any atom is -0.508 e. The first-order chi connectivity index (χ1) is 12.1. The zero-order valence-corrected chi connectivity index (χ0v) is 15.6. The lowest BCUT2D eigenvalue weighted by Gasteiger charge is -2.16. The van der Waals surface area contributed by atoms with Crippen molar-refractivity contribution in [1.82, 2.24) is 10.6 Å². The number of rotatable bonds is 7. The molecule has 25 heavy (non-hydrogen) atoms. The molecule has 0 amide bonds. The molecule has 2 aromatic carbocycles. The largest absolute Gasteiger partial charge is 0.508 e. The van der Waals surface area contributed by atoms with Crippen molar-refractivity contribution < 1.29 is 9.84 Å². The van der Waals surface area contributed by atoms with Crippen LogP contribution in [0.15, 0.2) is 58.4 Å². The van der Waals surface area contributed by atoms with Crippen molar-refractivity contribution in [3.8, 4) is 11.5 Å². The minimum atomic E-state index is 0.233. The van der Waals surface area contributed by atoms with Gasteiger partial charge < -0.3 is 20.5 Å². The zero-order chi connectivity index (χ0) is 18.1.